The van der Waals surface area contributed by atoms with E-state index < -0.39 is 0 Å². The molecule has 5 rings (SSSR count). The SMILES string of the molecule is Cc1csc([C@@H](C)NC(=O)c2cc(-c3ncco3)cc(-c3nnc([C@@H](C)Cc4ccccc4)o3)c2)n1. The van der Waals surface area contributed by atoms with Gasteiger partial charge in [0.2, 0.25) is 17.7 Å². The molecule has 5 aromatic rings. The van der Waals surface area contributed by atoms with Crippen LogP contribution in [0.3, 0.4) is 0 Å². The molecule has 0 fully saturated rings. The molecule has 8 nitrogen and oxygen atoms in total. The lowest BCUT2D eigenvalue weighted by Crippen LogP contribution is -2.26. The molecule has 182 valence electrons. The number of nitrogens with one attached hydrogen (secondary N) is 1. The fraction of sp³-hybridized carbons (Fsp3) is 0.222. The van der Waals surface area contributed by atoms with Crippen molar-refractivity contribution in [3.05, 3.63) is 94.1 Å². The number of oxazole rings is 1. The summed E-state index contributed by atoms with van der Waals surface area (Å²) in [6, 6.07) is 15.2. The van der Waals surface area contributed by atoms with Gasteiger partial charge in [0, 0.05) is 33.7 Å². The number of amides is 1. The summed E-state index contributed by atoms with van der Waals surface area (Å²) in [7, 11) is 0. The third-order valence-electron chi connectivity index (χ3n) is 5.72. The fourth-order valence-electron chi connectivity index (χ4n) is 3.89. The number of hydrogen-bond acceptors (Lipinski definition) is 8. The summed E-state index contributed by atoms with van der Waals surface area (Å²) in [5, 5.41) is 14.4. The van der Waals surface area contributed by atoms with Crippen molar-refractivity contribution in [1.82, 2.24) is 25.5 Å². The number of carbonyl (C=O) groups is 1. The highest BCUT2D eigenvalue weighted by molar-refractivity contribution is 7.09. The van der Waals surface area contributed by atoms with Crippen LogP contribution in [0.25, 0.3) is 22.9 Å². The quantitative estimate of drug-likeness (QED) is 0.279. The summed E-state index contributed by atoms with van der Waals surface area (Å²) in [5.41, 5.74) is 3.80. The predicted molar refractivity (Wildman–Crippen MR) is 137 cm³/mol. The second kappa shape index (κ2) is 10.2. The van der Waals surface area contributed by atoms with Crippen LogP contribution < -0.4 is 5.32 Å². The van der Waals surface area contributed by atoms with Crippen LogP contribution in [0.4, 0.5) is 0 Å². The van der Waals surface area contributed by atoms with Crippen molar-refractivity contribution in [3.63, 3.8) is 0 Å². The van der Waals surface area contributed by atoms with Gasteiger partial charge in [-0.25, -0.2) is 9.97 Å². The van der Waals surface area contributed by atoms with Crippen molar-refractivity contribution in [3.8, 4) is 22.9 Å². The molecule has 1 N–H and O–H groups in total. The molecule has 0 aliphatic rings. The number of aromatic nitrogens is 4. The molecule has 0 aliphatic carbocycles. The molecule has 0 spiro atoms. The van der Waals surface area contributed by atoms with Gasteiger partial charge in [0.15, 0.2) is 0 Å². The van der Waals surface area contributed by atoms with Crippen molar-refractivity contribution < 1.29 is 13.6 Å². The third kappa shape index (κ3) is 5.26. The zero-order valence-corrected chi connectivity index (χ0v) is 21.0. The third-order valence-corrected chi connectivity index (χ3v) is 6.87. The van der Waals surface area contributed by atoms with E-state index >= 15 is 0 Å². The monoisotopic (exact) mass is 499 g/mol. The molecule has 3 heterocycles. The number of aryl methyl sites for hydroxylation is 1. The molecule has 2 aromatic carbocycles. The Morgan fingerprint density at radius 2 is 1.83 bits per heavy atom. The van der Waals surface area contributed by atoms with E-state index in [1.807, 2.05) is 50.4 Å². The Bertz CT molecular complexity index is 1460. The summed E-state index contributed by atoms with van der Waals surface area (Å²) in [6.07, 6.45) is 3.83. The number of nitrogens with zero attached hydrogens (tertiary/aromatic N) is 4. The Hall–Kier alpha value is -4.11. The van der Waals surface area contributed by atoms with E-state index in [9.17, 15) is 4.79 Å². The Morgan fingerprint density at radius 1 is 1.06 bits per heavy atom. The Kier molecular flexibility index (Phi) is 6.73. The molecule has 9 heteroatoms. The minimum atomic E-state index is -0.248. The molecule has 0 bridgehead atoms. The largest absolute Gasteiger partial charge is 0.445 e. The zero-order valence-electron chi connectivity index (χ0n) is 20.1. The van der Waals surface area contributed by atoms with E-state index in [0.717, 1.165) is 17.1 Å². The lowest BCUT2D eigenvalue weighted by atomic mass is 10.0. The molecule has 0 saturated carbocycles. The smallest absolute Gasteiger partial charge is 0.251 e. The van der Waals surface area contributed by atoms with Gasteiger partial charge in [0.25, 0.3) is 5.91 Å². The van der Waals surface area contributed by atoms with Gasteiger partial charge in [0.05, 0.1) is 12.2 Å². The maximum atomic E-state index is 13.2. The van der Waals surface area contributed by atoms with Gasteiger partial charge >= 0.3 is 0 Å². The molecule has 0 saturated heterocycles. The second-order valence-electron chi connectivity index (χ2n) is 8.69. The van der Waals surface area contributed by atoms with E-state index in [0.29, 0.717) is 34.4 Å². The minimum Gasteiger partial charge on any atom is -0.445 e. The van der Waals surface area contributed by atoms with Gasteiger partial charge in [-0.3, -0.25) is 4.79 Å². The van der Waals surface area contributed by atoms with Crippen molar-refractivity contribution in [2.24, 2.45) is 0 Å². The van der Waals surface area contributed by atoms with Gasteiger partial charge in [-0.2, -0.15) is 0 Å². The van der Waals surface area contributed by atoms with Crippen LogP contribution in [0.5, 0.6) is 0 Å². The van der Waals surface area contributed by atoms with E-state index in [1.165, 1.54) is 23.2 Å². The van der Waals surface area contributed by atoms with E-state index in [2.05, 4.69) is 37.6 Å². The highest BCUT2D eigenvalue weighted by Crippen LogP contribution is 2.29. The molecule has 2 atom stereocenters. The van der Waals surface area contributed by atoms with Crippen molar-refractivity contribution >= 4 is 17.2 Å². The highest BCUT2D eigenvalue weighted by Gasteiger charge is 2.20. The van der Waals surface area contributed by atoms with Gasteiger partial charge in [-0.05, 0) is 44.0 Å². The van der Waals surface area contributed by atoms with Gasteiger partial charge in [-0.1, -0.05) is 37.3 Å². The first-order chi connectivity index (χ1) is 17.5. The summed E-state index contributed by atoms with van der Waals surface area (Å²) >= 11 is 1.52. The number of hydrogen-bond donors (Lipinski definition) is 1. The second-order valence-corrected chi connectivity index (χ2v) is 9.58. The highest BCUT2D eigenvalue weighted by atomic mass is 32.1. The molecule has 0 radical (unpaired) electrons. The maximum Gasteiger partial charge on any atom is 0.251 e. The first-order valence-electron chi connectivity index (χ1n) is 11.6. The van der Waals surface area contributed by atoms with E-state index in [-0.39, 0.29) is 17.9 Å². The summed E-state index contributed by atoms with van der Waals surface area (Å²) < 4.78 is 11.5. The normalized spacial score (nSPS) is 12.9. The van der Waals surface area contributed by atoms with Crippen molar-refractivity contribution in [2.75, 3.05) is 0 Å². The average molecular weight is 500 g/mol. The molecular formula is C27H25N5O3S. The van der Waals surface area contributed by atoms with Crippen molar-refractivity contribution in [2.45, 2.75) is 39.2 Å². The number of rotatable bonds is 8. The molecule has 0 aliphatic heterocycles. The zero-order chi connectivity index (χ0) is 25.1. The lowest BCUT2D eigenvalue weighted by Gasteiger charge is -2.12. The van der Waals surface area contributed by atoms with Gasteiger partial charge < -0.3 is 14.2 Å². The van der Waals surface area contributed by atoms with Crippen LogP contribution in [-0.2, 0) is 6.42 Å². The van der Waals surface area contributed by atoms with Crippen LogP contribution in [-0.4, -0.2) is 26.1 Å². The molecule has 0 unspecified atom stereocenters. The van der Waals surface area contributed by atoms with E-state index in [1.54, 1.807) is 18.3 Å². The van der Waals surface area contributed by atoms with Crippen LogP contribution in [0.2, 0.25) is 0 Å². The Morgan fingerprint density at radius 3 is 2.53 bits per heavy atom. The molecule has 3 aromatic heterocycles. The van der Waals surface area contributed by atoms with Crippen LogP contribution in [0.1, 0.15) is 58.3 Å². The first kappa shape index (κ1) is 23.6. The summed E-state index contributed by atoms with van der Waals surface area (Å²) in [6.45, 7) is 5.89. The van der Waals surface area contributed by atoms with Crippen LogP contribution >= 0.6 is 11.3 Å². The molecule has 1 amide bonds. The summed E-state index contributed by atoms with van der Waals surface area (Å²) in [4.78, 5) is 21.9. The molecular weight excluding hydrogens is 474 g/mol. The lowest BCUT2D eigenvalue weighted by molar-refractivity contribution is 0.0940. The fourth-order valence-corrected chi connectivity index (χ4v) is 4.69. The topological polar surface area (TPSA) is 107 Å². The Balaban J connectivity index is 1.43. The van der Waals surface area contributed by atoms with Gasteiger partial charge in [-0.15, -0.1) is 21.5 Å². The average Bonchev–Trinajstić information content (AvgIpc) is 3.66. The predicted octanol–water partition coefficient (Wildman–Crippen LogP) is 5.99. The van der Waals surface area contributed by atoms with Crippen LogP contribution in [0, 0.1) is 6.92 Å². The molecule has 36 heavy (non-hydrogen) atoms. The minimum absolute atomic E-state index is 0.0361. The maximum absolute atomic E-state index is 13.2. The van der Waals surface area contributed by atoms with Crippen LogP contribution in [0.15, 0.2) is 75.2 Å². The number of thiazole rings is 1. The first-order valence-corrected chi connectivity index (χ1v) is 12.5. The Labute approximate surface area is 212 Å². The number of carbonyl (C=O) groups excluding carboxylic acids is 1. The van der Waals surface area contributed by atoms with Gasteiger partial charge in [0.1, 0.15) is 11.3 Å². The van der Waals surface area contributed by atoms with Crippen molar-refractivity contribution in [1.29, 1.82) is 0 Å². The standard InChI is InChI=1S/C27H25N5O3S/c1-16(11-19-7-5-4-6-8-19)24-31-32-26(35-24)22-13-20(12-21(14-22)25-28-9-10-34-25)23(33)30-18(3)27-29-17(2)15-36-27/h4-10,12-16,18H,11H2,1-3H3,(H,30,33)/t16-,18+/m0/s1. The summed E-state index contributed by atoms with van der Waals surface area (Å²) in [5.74, 6) is 1.05. The van der Waals surface area contributed by atoms with E-state index in [4.69, 9.17) is 8.83 Å². The number of benzene rings is 2.